The highest BCUT2D eigenvalue weighted by Crippen LogP contribution is 2.43. The molecule has 0 aliphatic carbocycles. The Labute approximate surface area is 206 Å². The minimum Gasteiger partial charge on any atom is -0.493 e. The van der Waals surface area contributed by atoms with Crippen LogP contribution in [0.4, 0.5) is 11.4 Å². The minimum absolute atomic E-state index is 0.0305. The SMILES string of the molecule is COc1cc2c(cc1OCC(C)C)C(c1ccc(Cl)cc1)N(c1ccc(N(C)C)cc1)C(=O)C2. The van der Waals surface area contributed by atoms with Crippen molar-refractivity contribution in [2.45, 2.75) is 26.3 Å². The molecule has 1 heterocycles. The molecule has 1 aliphatic heterocycles. The van der Waals surface area contributed by atoms with Gasteiger partial charge >= 0.3 is 0 Å². The molecule has 0 fully saturated rings. The van der Waals surface area contributed by atoms with Gasteiger partial charge in [-0.25, -0.2) is 0 Å². The maximum Gasteiger partial charge on any atom is 0.232 e. The third kappa shape index (κ3) is 4.85. The van der Waals surface area contributed by atoms with Crippen LogP contribution in [0.25, 0.3) is 0 Å². The molecule has 0 radical (unpaired) electrons. The van der Waals surface area contributed by atoms with Crippen molar-refractivity contribution >= 4 is 28.9 Å². The summed E-state index contributed by atoms with van der Waals surface area (Å²) in [5, 5.41) is 0.656. The molecule has 34 heavy (non-hydrogen) atoms. The molecule has 1 amide bonds. The summed E-state index contributed by atoms with van der Waals surface area (Å²) in [5.41, 5.74) is 4.88. The average Bonchev–Trinajstić information content (AvgIpc) is 2.82. The predicted molar refractivity (Wildman–Crippen MR) is 139 cm³/mol. The summed E-state index contributed by atoms with van der Waals surface area (Å²) in [7, 11) is 5.63. The molecule has 6 heteroatoms. The minimum atomic E-state index is -0.314. The third-order valence-electron chi connectivity index (χ3n) is 5.99. The molecule has 4 rings (SSSR count). The summed E-state index contributed by atoms with van der Waals surface area (Å²) in [4.78, 5) is 17.5. The van der Waals surface area contributed by atoms with Crippen molar-refractivity contribution in [3.8, 4) is 11.5 Å². The molecule has 1 atom stereocenters. The van der Waals surface area contributed by atoms with E-state index in [0.29, 0.717) is 29.0 Å². The van der Waals surface area contributed by atoms with Crippen LogP contribution < -0.4 is 19.3 Å². The Bertz CT molecular complexity index is 1160. The van der Waals surface area contributed by atoms with E-state index in [2.05, 4.69) is 13.8 Å². The lowest BCUT2D eigenvalue weighted by Gasteiger charge is -2.38. The van der Waals surface area contributed by atoms with Crippen LogP contribution >= 0.6 is 11.6 Å². The zero-order valence-electron chi connectivity index (χ0n) is 20.3. The molecule has 178 valence electrons. The lowest BCUT2D eigenvalue weighted by atomic mass is 9.86. The number of benzene rings is 3. The number of rotatable bonds is 7. The lowest BCUT2D eigenvalue weighted by Crippen LogP contribution is -2.41. The molecule has 1 unspecified atom stereocenters. The molecule has 0 N–H and O–H groups in total. The second-order valence-electron chi connectivity index (χ2n) is 9.21. The maximum atomic E-state index is 13.5. The van der Waals surface area contributed by atoms with Crippen molar-refractivity contribution in [1.29, 1.82) is 0 Å². The van der Waals surface area contributed by atoms with E-state index < -0.39 is 0 Å². The number of halogens is 1. The number of ether oxygens (including phenoxy) is 2. The van der Waals surface area contributed by atoms with Gasteiger partial charge in [0.1, 0.15) is 0 Å². The van der Waals surface area contributed by atoms with Gasteiger partial charge in [0.25, 0.3) is 0 Å². The van der Waals surface area contributed by atoms with Crippen molar-refractivity contribution in [1.82, 2.24) is 0 Å². The Kier molecular flexibility index (Phi) is 7.03. The van der Waals surface area contributed by atoms with E-state index >= 15 is 0 Å². The van der Waals surface area contributed by atoms with Crippen molar-refractivity contribution in [3.05, 3.63) is 82.4 Å². The van der Waals surface area contributed by atoms with Gasteiger partial charge in [-0.05, 0) is 71.1 Å². The largest absolute Gasteiger partial charge is 0.493 e. The van der Waals surface area contributed by atoms with E-state index in [-0.39, 0.29) is 18.4 Å². The Hall–Kier alpha value is -3.18. The van der Waals surface area contributed by atoms with E-state index in [0.717, 1.165) is 28.1 Å². The summed E-state index contributed by atoms with van der Waals surface area (Å²) >= 11 is 6.19. The van der Waals surface area contributed by atoms with E-state index in [1.165, 1.54) is 0 Å². The van der Waals surface area contributed by atoms with Crippen LogP contribution in [0.15, 0.2) is 60.7 Å². The molecule has 5 nitrogen and oxygen atoms in total. The molecule has 0 bridgehead atoms. The van der Waals surface area contributed by atoms with Crippen LogP contribution in [0.2, 0.25) is 5.02 Å². The Balaban J connectivity index is 1.86. The number of amides is 1. The smallest absolute Gasteiger partial charge is 0.232 e. The normalized spacial score (nSPS) is 15.3. The van der Waals surface area contributed by atoms with E-state index in [1.54, 1.807) is 7.11 Å². The number of hydrogen-bond acceptors (Lipinski definition) is 4. The second-order valence-corrected chi connectivity index (χ2v) is 9.65. The first kappa shape index (κ1) is 24.0. The lowest BCUT2D eigenvalue weighted by molar-refractivity contribution is -0.118. The molecule has 0 saturated heterocycles. The molecule has 0 spiro atoms. The van der Waals surface area contributed by atoms with Crippen LogP contribution in [0.5, 0.6) is 11.5 Å². The number of carbonyl (C=O) groups excluding carboxylic acids is 1. The third-order valence-corrected chi connectivity index (χ3v) is 6.24. The number of methoxy groups -OCH3 is 1. The van der Waals surface area contributed by atoms with E-state index in [9.17, 15) is 4.79 Å². The number of anilines is 2. The molecule has 1 aliphatic rings. The van der Waals surface area contributed by atoms with Gasteiger partial charge < -0.3 is 19.3 Å². The summed E-state index contributed by atoms with van der Waals surface area (Å²) in [6, 6.07) is 19.4. The van der Waals surface area contributed by atoms with Gasteiger partial charge in [0.15, 0.2) is 11.5 Å². The van der Waals surface area contributed by atoms with Gasteiger partial charge in [-0.1, -0.05) is 37.6 Å². The number of hydrogen-bond donors (Lipinski definition) is 0. The number of nitrogens with zero attached hydrogens (tertiary/aromatic N) is 2. The standard InChI is InChI=1S/C28H31ClN2O3/c1-18(2)17-34-26-16-24-20(14-25(26)33-5)15-27(32)31(23-12-10-22(11-13-23)30(3)4)28(24)19-6-8-21(29)9-7-19/h6-14,16,18,28H,15,17H2,1-5H3. The molecule has 0 saturated carbocycles. The molecule has 0 aromatic heterocycles. The van der Waals surface area contributed by atoms with Crippen molar-refractivity contribution in [2.24, 2.45) is 5.92 Å². The zero-order chi connectivity index (χ0) is 24.4. The molecular weight excluding hydrogens is 448 g/mol. The van der Waals surface area contributed by atoms with E-state index in [4.69, 9.17) is 21.1 Å². The summed E-state index contributed by atoms with van der Waals surface area (Å²) in [6.45, 7) is 4.80. The van der Waals surface area contributed by atoms with Crippen LogP contribution in [0.3, 0.4) is 0 Å². The van der Waals surface area contributed by atoms with Crippen LogP contribution in [0, 0.1) is 5.92 Å². The Morgan fingerprint density at radius 1 is 1.03 bits per heavy atom. The second kappa shape index (κ2) is 9.98. The van der Waals surface area contributed by atoms with Gasteiger partial charge in [0.05, 0.1) is 26.2 Å². The Morgan fingerprint density at radius 3 is 2.29 bits per heavy atom. The van der Waals surface area contributed by atoms with Crippen LogP contribution in [-0.4, -0.2) is 33.7 Å². The first-order chi connectivity index (χ1) is 16.3. The highest BCUT2D eigenvalue weighted by molar-refractivity contribution is 6.30. The number of fused-ring (bicyclic) bond motifs is 1. The van der Waals surface area contributed by atoms with Crippen LogP contribution in [-0.2, 0) is 11.2 Å². The maximum absolute atomic E-state index is 13.5. The molecular formula is C28H31ClN2O3. The van der Waals surface area contributed by atoms with Gasteiger partial charge in [0.2, 0.25) is 5.91 Å². The van der Waals surface area contributed by atoms with Crippen molar-refractivity contribution < 1.29 is 14.3 Å². The highest BCUT2D eigenvalue weighted by Gasteiger charge is 2.36. The first-order valence-corrected chi connectivity index (χ1v) is 11.8. The summed E-state index contributed by atoms with van der Waals surface area (Å²) < 4.78 is 11.7. The molecule has 3 aromatic carbocycles. The average molecular weight is 479 g/mol. The fraction of sp³-hybridized carbons (Fsp3) is 0.321. The van der Waals surface area contributed by atoms with Crippen molar-refractivity contribution in [3.63, 3.8) is 0 Å². The first-order valence-electron chi connectivity index (χ1n) is 11.5. The van der Waals surface area contributed by atoms with Gasteiger partial charge in [-0.3, -0.25) is 4.79 Å². The fourth-order valence-electron chi connectivity index (χ4n) is 4.26. The monoisotopic (exact) mass is 478 g/mol. The quantitative estimate of drug-likeness (QED) is 0.409. The van der Waals surface area contributed by atoms with Crippen molar-refractivity contribution in [2.75, 3.05) is 37.6 Å². The molecule has 3 aromatic rings. The van der Waals surface area contributed by atoms with E-state index in [1.807, 2.05) is 84.6 Å². The highest BCUT2D eigenvalue weighted by atomic mass is 35.5. The fourth-order valence-corrected chi connectivity index (χ4v) is 4.39. The van der Waals surface area contributed by atoms with Gasteiger partial charge in [0, 0.05) is 30.5 Å². The Morgan fingerprint density at radius 2 is 1.71 bits per heavy atom. The zero-order valence-corrected chi connectivity index (χ0v) is 21.1. The number of carbonyl (C=O) groups is 1. The predicted octanol–water partition coefficient (Wildman–Crippen LogP) is 6.13. The van der Waals surface area contributed by atoms with Gasteiger partial charge in [-0.15, -0.1) is 0 Å². The van der Waals surface area contributed by atoms with Crippen LogP contribution in [0.1, 0.15) is 36.6 Å². The summed E-state index contributed by atoms with van der Waals surface area (Å²) in [6.07, 6.45) is 0.287. The topological polar surface area (TPSA) is 42.0 Å². The summed E-state index contributed by atoms with van der Waals surface area (Å²) in [5.74, 6) is 1.74. The van der Waals surface area contributed by atoms with Gasteiger partial charge in [-0.2, -0.15) is 0 Å².